The van der Waals surface area contributed by atoms with Crippen LogP contribution in [0.2, 0.25) is 0 Å². The van der Waals surface area contributed by atoms with E-state index in [9.17, 15) is 4.79 Å². The topological polar surface area (TPSA) is 50.4 Å². The average molecular weight is 336 g/mol. The molecule has 4 nitrogen and oxygen atoms in total. The normalized spacial score (nSPS) is 23.2. The van der Waals surface area contributed by atoms with Crippen molar-refractivity contribution in [3.8, 4) is 5.75 Å². The highest BCUT2D eigenvalue weighted by Gasteiger charge is 2.34. The summed E-state index contributed by atoms with van der Waals surface area (Å²) in [4.78, 5) is 12.5. The van der Waals surface area contributed by atoms with Crippen molar-refractivity contribution in [2.24, 2.45) is 5.92 Å². The molecule has 1 fully saturated rings. The van der Waals surface area contributed by atoms with Gasteiger partial charge in [0.05, 0.1) is 6.10 Å². The van der Waals surface area contributed by atoms with Gasteiger partial charge in [-0.1, -0.05) is 36.4 Å². The van der Waals surface area contributed by atoms with Crippen LogP contribution in [0.1, 0.15) is 34.3 Å². The number of amides is 1. The molecule has 0 saturated carbocycles. The summed E-state index contributed by atoms with van der Waals surface area (Å²) in [6.07, 6.45) is 0.897. The molecule has 130 valence electrons. The van der Waals surface area contributed by atoms with Crippen molar-refractivity contribution >= 4 is 5.91 Å². The minimum Gasteiger partial charge on any atom is -0.490 e. The molecule has 2 N–H and O–H groups in total. The van der Waals surface area contributed by atoms with Gasteiger partial charge in [-0.25, -0.2) is 0 Å². The maximum atomic E-state index is 12.5. The maximum absolute atomic E-state index is 12.5. The van der Waals surface area contributed by atoms with Gasteiger partial charge in [-0.3, -0.25) is 4.79 Å². The van der Waals surface area contributed by atoms with Crippen LogP contribution >= 0.6 is 0 Å². The van der Waals surface area contributed by atoms with Crippen LogP contribution in [-0.4, -0.2) is 31.6 Å². The smallest absolute Gasteiger partial charge is 0.251 e. The third-order valence-corrected chi connectivity index (χ3v) is 5.24. The lowest BCUT2D eigenvalue weighted by molar-refractivity contribution is 0.0951. The minimum absolute atomic E-state index is 0.0190. The lowest BCUT2D eigenvalue weighted by Gasteiger charge is -2.19. The number of ether oxygens (including phenoxy) is 1. The summed E-state index contributed by atoms with van der Waals surface area (Å²) in [5.41, 5.74) is 3.16. The summed E-state index contributed by atoms with van der Waals surface area (Å²) in [7, 11) is 0. The highest BCUT2D eigenvalue weighted by molar-refractivity contribution is 5.96. The molecule has 2 aromatic carbocycles. The molecule has 4 heteroatoms. The second-order valence-corrected chi connectivity index (χ2v) is 7.10. The maximum Gasteiger partial charge on any atom is 0.251 e. The fourth-order valence-corrected chi connectivity index (χ4v) is 3.98. The van der Waals surface area contributed by atoms with Crippen LogP contribution in [0.5, 0.6) is 5.75 Å². The van der Waals surface area contributed by atoms with Crippen LogP contribution in [-0.2, 0) is 6.42 Å². The fraction of sp³-hybridized carbons (Fsp3) is 0.381. The van der Waals surface area contributed by atoms with Crippen LogP contribution in [0.15, 0.2) is 48.5 Å². The Bertz CT molecular complexity index is 760. The number of hydrogen-bond donors (Lipinski definition) is 2. The first-order valence-corrected chi connectivity index (χ1v) is 9.04. The van der Waals surface area contributed by atoms with Gasteiger partial charge in [-0.15, -0.1) is 0 Å². The monoisotopic (exact) mass is 336 g/mol. The Hall–Kier alpha value is -2.33. The number of carbonyl (C=O) groups is 1. The Labute approximate surface area is 148 Å². The summed E-state index contributed by atoms with van der Waals surface area (Å²) >= 11 is 0. The molecule has 2 unspecified atom stereocenters. The van der Waals surface area contributed by atoms with Crippen LogP contribution < -0.4 is 15.4 Å². The molecule has 0 spiro atoms. The average Bonchev–Trinajstić information content (AvgIpc) is 3.04. The largest absolute Gasteiger partial charge is 0.490 e. The van der Waals surface area contributed by atoms with E-state index in [-0.39, 0.29) is 12.0 Å². The molecule has 2 aliphatic heterocycles. The van der Waals surface area contributed by atoms with Gasteiger partial charge in [-0.2, -0.15) is 0 Å². The van der Waals surface area contributed by atoms with Gasteiger partial charge >= 0.3 is 0 Å². The lowest BCUT2D eigenvalue weighted by atomic mass is 9.87. The first kappa shape index (κ1) is 16.2. The number of fused-ring (bicyclic) bond motifs is 3. The van der Waals surface area contributed by atoms with Gasteiger partial charge in [0.25, 0.3) is 5.91 Å². The summed E-state index contributed by atoms with van der Waals surface area (Å²) in [5.74, 6) is 1.67. The molecule has 4 rings (SSSR count). The summed E-state index contributed by atoms with van der Waals surface area (Å²) in [5, 5.41) is 6.50. The van der Waals surface area contributed by atoms with E-state index in [1.54, 1.807) is 0 Å². The Kier molecular flexibility index (Phi) is 4.45. The van der Waals surface area contributed by atoms with Gasteiger partial charge in [0, 0.05) is 37.5 Å². The molecule has 1 amide bonds. The van der Waals surface area contributed by atoms with Gasteiger partial charge in [0.1, 0.15) is 5.75 Å². The third kappa shape index (κ3) is 3.40. The second kappa shape index (κ2) is 6.89. The number of hydrogen-bond acceptors (Lipinski definition) is 3. The Balaban J connectivity index is 1.53. The van der Waals surface area contributed by atoms with Crippen molar-refractivity contribution in [1.82, 2.24) is 10.6 Å². The van der Waals surface area contributed by atoms with Gasteiger partial charge < -0.3 is 15.4 Å². The molecule has 1 saturated heterocycles. The van der Waals surface area contributed by atoms with Crippen molar-refractivity contribution in [3.05, 3.63) is 65.2 Å². The first-order valence-electron chi connectivity index (χ1n) is 9.04. The molecule has 2 heterocycles. The van der Waals surface area contributed by atoms with E-state index in [0.29, 0.717) is 11.8 Å². The van der Waals surface area contributed by atoms with E-state index in [0.717, 1.165) is 42.9 Å². The van der Waals surface area contributed by atoms with Crippen molar-refractivity contribution in [2.75, 3.05) is 19.6 Å². The van der Waals surface area contributed by atoms with Gasteiger partial charge in [0.15, 0.2) is 0 Å². The van der Waals surface area contributed by atoms with E-state index in [2.05, 4.69) is 35.8 Å². The number of nitrogens with one attached hydrogen (secondary N) is 2. The highest BCUT2D eigenvalue weighted by Crippen LogP contribution is 2.34. The predicted octanol–water partition coefficient (Wildman–Crippen LogP) is 2.74. The molecular weight excluding hydrogens is 312 g/mol. The van der Waals surface area contributed by atoms with E-state index < -0.39 is 0 Å². The number of carbonyl (C=O) groups excluding carboxylic acids is 1. The fourth-order valence-electron chi connectivity index (χ4n) is 3.98. The zero-order valence-corrected chi connectivity index (χ0v) is 14.5. The Morgan fingerprint density at radius 2 is 1.96 bits per heavy atom. The van der Waals surface area contributed by atoms with Gasteiger partial charge in [0.2, 0.25) is 0 Å². The minimum atomic E-state index is 0.0190. The van der Waals surface area contributed by atoms with Crippen molar-refractivity contribution < 1.29 is 9.53 Å². The molecule has 0 aromatic heterocycles. The second-order valence-electron chi connectivity index (χ2n) is 7.10. The molecule has 2 aliphatic rings. The van der Waals surface area contributed by atoms with Crippen LogP contribution in [0.3, 0.4) is 0 Å². The Morgan fingerprint density at radius 3 is 2.80 bits per heavy atom. The molecule has 2 aromatic rings. The standard InChI is InChI=1S/C21H24N2O2/c1-14(9-15-5-3-2-4-6-15)25-17-7-8-18-19(10-17)21(24)23-12-16-11-22-13-20(16)18/h2-8,10,14,16,20,22H,9,11-13H2,1H3,(H,23,24)/t14-,16?,20?/m1/s1. The number of benzene rings is 2. The van der Waals surface area contributed by atoms with Crippen LogP contribution in [0, 0.1) is 5.92 Å². The molecule has 3 atom stereocenters. The Morgan fingerprint density at radius 1 is 1.12 bits per heavy atom. The molecule has 0 aliphatic carbocycles. The van der Waals surface area contributed by atoms with Crippen LogP contribution in [0.4, 0.5) is 0 Å². The van der Waals surface area contributed by atoms with Crippen LogP contribution in [0.25, 0.3) is 0 Å². The molecular formula is C21H24N2O2. The van der Waals surface area contributed by atoms with E-state index in [1.807, 2.05) is 30.3 Å². The zero-order valence-electron chi connectivity index (χ0n) is 14.5. The van der Waals surface area contributed by atoms with Gasteiger partial charge in [-0.05, 0) is 36.1 Å². The first-order chi connectivity index (χ1) is 12.2. The molecule has 0 bridgehead atoms. The van der Waals surface area contributed by atoms with Crippen molar-refractivity contribution in [3.63, 3.8) is 0 Å². The van der Waals surface area contributed by atoms with E-state index in [1.165, 1.54) is 5.56 Å². The van der Waals surface area contributed by atoms with Crippen molar-refractivity contribution in [2.45, 2.75) is 25.4 Å². The third-order valence-electron chi connectivity index (χ3n) is 5.24. The molecule has 25 heavy (non-hydrogen) atoms. The number of rotatable bonds is 4. The summed E-state index contributed by atoms with van der Waals surface area (Å²) in [6, 6.07) is 16.3. The predicted molar refractivity (Wildman–Crippen MR) is 98.1 cm³/mol. The zero-order chi connectivity index (χ0) is 17.2. The lowest BCUT2D eigenvalue weighted by Crippen LogP contribution is -2.28. The molecule has 0 radical (unpaired) electrons. The quantitative estimate of drug-likeness (QED) is 0.903. The van der Waals surface area contributed by atoms with Crippen molar-refractivity contribution in [1.29, 1.82) is 0 Å². The summed E-state index contributed by atoms with van der Waals surface area (Å²) in [6.45, 7) is 4.72. The summed E-state index contributed by atoms with van der Waals surface area (Å²) < 4.78 is 6.09. The highest BCUT2D eigenvalue weighted by atomic mass is 16.5. The van der Waals surface area contributed by atoms with E-state index in [4.69, 9.17) is 4.74 Å². The van der Waals surface area contributed by atoms with E-state index >= 15 is 0 Å². The SMILES string of the molecule is C[C@H](Cc1ccccc1)Oc1ccc2c(c1)C(=O)NCC1CNCC21.